The Balaban J connectivity index is 2.12. The Labute approximate surface area is 137 Å². The quantitative estimate of drug-likeness (QED) is 0.526. The van der Waals surface area contributed by atoms with E-state index in [1.807, 2.05) is 66.4 Å². The monoisotopic (exact) mass is 313 g/mol. The van der Waals surface area contributed by atoms with Crippen LogP contribution in [0.5, 0.6) is 0 Å². The van der Waals surface area contributed by atoms with Gasteiger partial charge in [-0.3, -0.25) is 4.79 Å². The van der Waals surface area contributed by atoms with Crippen LogP contribution in [0.15, 0.2) is 54.6 Å². The molecule has 0 aliphatic rings. The number of rotatable bonds is 9. The SMILES string of the molecule is COCCN(c1cccc(C)c1)C(C=O)OCc1ccccc1. The van der Waals surface area contributed by atoms with Gasteiger partial charge in [-0.1, -0.05) is 42.5 Å². The number of methoxy groups -OCH3 is 1. The Morgan fingerprint density at radius 1 is 1.13 bits per heavy atom. The van der Waals surface area contributed by atoms with Crippen LogP contribution in [0, 0.1) is 6.92 Å². The lowest BCUT2D eigenvalue weighted by molar-refractivity contribution is -0.119. The summed E-state index contributed by atoms with van der Waals surface area (Å²) in [7, 11) is 1.65. The van der Waals surface area contributed by atoms with Crippen molar-refractivity contribution in [3.8, 4) is 0 Å². The summed E-state index contributed by atoms with van der Waals surface area (Å²) in [6.07, 6.45) is 0.188. The average Bonchev–Trinajstić information content (AvgIpc) is 2.58. The smallest absolute Gasteiger partial charge is 0.187 e. The summed E-state index contributed by atoms with van der Waals surface area (Å²) in [5, 5.41) is 0. The molecule has 2 aromatic carbocycles. The van der Waals surface area contributed by atoms with Gasteiger partial charge in [-0.25, -0.2) is 0 Å². The fourth-order valence-corrected chi connectivity index (χ4v) is 2.36. The number of hydrogen-bond donors (Lipinski definition) is 0. The van der Waals surface area contributed by atoms with Crippen LogP contribution in [-0.2, 0) is 20.9 Å². The molecule has 4 heteroatoms. The number of benzene rings is 2. The van der Waals surface area contributed by atoms with Crippen LogP contribution in [0.1, 0.15) is 11.1 Å². The van der Waals surface area contributed by atoms with Crippen molar-refractivity contribution >= 4 is 12.0 Å². The molecule has 2 rings (SSSR count). The maximum absolute atomic E-state index is 11.6. The third-order valence-corrected chi connectivity index (χ3v) is 3.56. The van der Waals surface area contributed by atoms with Gasteiger partial charge in [0.1, 0.15) is 0 Å². The molecule has 0 aliphatic carbocycles. The maximum atomic E-state index is 11.6. The first-order valence-corrected chi connectivity index (χ1v) is 7.67. The van der Waals surface area contributed by atoms with Gasteiger partial charge in [0.2, 0.25) is 0 Å². The van der Waals surface area contributed by atoms with Gasteiger partial charge in [-0.05, 0) is 30.2 Å². The Hall–Kier alpha value is -2.17. The summed E-state index contributed by atoms with van der Waals surface area (Å²) >= 11 is 0. The van der Waals surface area contributed by atoms with Gasteiger partial charge in [0.15, 0.2) is 12.5 Å². The number of aldehydes is 1. The maximum Gasteiger partial charge on any atom is 0.187 e. The van der Waals surface area contributed by atoms with Crippen LogP contribution in [0.2, 0.25) is 0 Å². The molecule has 0 radical (unpaired) electrons. The number of aryl methyl sites for hydroxylation is 1. The summed E-state index contributed by atoms with van der Waals surface area (Å²) in [5.41, 5.74) is 3.13. The number of ether oxygens (including phenoxy) is 2. The van der Waals surface area contributed by atoms with E-state index in [2.05, 4.69) is 0 Å². The Morgan fingerprint density at radius 2 is 1.91 bits per heavy atom. The second-order valence-electron chi connectivity index (χ2n) is 5.35. The van der Waals surface area contributed by atoms with Gasteiger partial charge >= 0.3 is 0 Å². The predicted octanol–water partition coefficient (Wildman–Crippen LogP) is 3.19. The molecule has 0 aliphatic heterocycles. The van der Waals surface area contributed by atoms with E-state index in [0.717, 1.165) is 23.1 Å². The first-order valence-electron chi connectivity index (χ1n) is 7.67. The highest BCUT2D eigenvalue weighted by Gasteiger charge is 2.19. The van der Waals surface area contributed by atoms with E-state index in [1.54, 1.807) is 7.11 Å². The molecule has 0 N–H and O–H groups in total. The number of carbonyl (C=O) groups is 1. The van der Waals surface area contributed by atoms with E-state index in [4.69, 9.17) is 9.47 Å². The lowest BCUT2D eigenvalue weighted by Gasteiger charge is -2.30. The van der Waals surface area contributed by atoms with Crippen molar-refractivity contribution in [3.05, 3.63) is 65.7 Å². The van der Waals surface area contributed by atoms with Crippen LogP contribution < -0.4 is 4.90 Å². The van der Waals surface area contributed by atoms with Crippen LogP contribution in [-0.4, -0.2) is 32.8 Å². The molecule has 0 heterocycles. The Kier molecular flexibility index (Phi) is 6.78. The molecule has 0 bridgehead atoms. The minimum Gasteiger partial charge on any atom is -0.383 e. The minimum absolute atomic E-state index is 0.388. The molecule has 23 heavy (non-hydrogen) atoms. The average molecular weight is 313 g/mol. The highest BCUT2D eigenvalue weighted by Crippen LogP contribution is 2.19. The highest BCUT2D eigenvalue weighted by atomic mass is 16.5. The molecular formula is C19H23NO3. The molecule has 0 aromatic heterocycles. The zero-order valence-corrected chi connectivity index (χ0v) is 13.6. The number of hydrogen-bond acceptors (Lipinski definition) is 4. The van der Waals surface area contributed by atoms with Crippen LogP contribution in [0.3, 0.4) is 0 Å². The Bertz CT molecular complexity index is 601. The van der Waals surface area contributed by atoms with Crippen LogP contribution >= 0.6 is 0 Å². The number of carbonyl (C=O) groups excluding carboxylic acids is 1. The van der Waals surface area contributed by atoms with Crippen molar-refractivity contribution in [1.82, 2.24) is 0 Å². The molecule has 0 saturated carbocycles. The van der Waals surface area contributed by atoms with Gasteiger partial charge in [0, 0.05) is 19.3 Å². The van der Waals surface area contributed by atoms with E-state index >= 15 is 0 Å². The fourth-order valence-electron chi connectivity index (χ4n) is 2.36. The fraction of sp³-hybridized carbons (Fsp3) is 0.316. The van der Waals surface area contributed by atoms with E-state index in [-0.39, 0.29) is 0 Å². The molecule has 1 unspecified atom stereocenters. The number of nitrogens with zero attached hydrogens (tertiary/aromatic N) is 1. The van der Waals surface area contributed by atoms with Crippen molar-refractivity contribution in [3.63, 3.8) is 0 Å². The topological polar surface area (TPSA) is 38.8 Å². The highest BCUT2D eigenvalue weighted by molar-refractivity contribution is 5.64. The molecule has 0 saturated heterocycles. The first-order chi connectivity index (χ1) is 11.2. The summed E-state index contributed by atoms with van der Waals surface area (Å²) in [5.74, 6) is 0. The van der Waals surface area contributed by atoms with Crippen molar-refractivity contribution in [2.24, 2.45) is 0 Å². The van der Waals surface area contributed by atoms with Crippen LogP contribution in [0.25, 0.3) is 0 Å². The largest absolute Gasteiger partial charge is 0.383 e. The lowest BCUT2D eigenvalue weighted by atomic mass is 10.2. The third kappa shape index (κ3) is 5.20. The van der Waals surface area contributed by atoms with Gasteiger partial charge < -0.3 is 14.4 Å². The molecule has 122 valence electrons. The van der Waals surface area contributed by atoms with E-state index < -0.39 is 6.23 Å². The van der Waals surface area contributed by atoms with E-state index in [9.17, 15) is 4.79 Å². The number of anilines is 1. The zero-order valence-electron chi connectivity index (χ0n) is 13.6. The van der Waals surface area contributed by atoms with Gasteiger partial charge in [0.05, 0.1) is 13.2 Å². The molecule has 2 aromatic rings. The minimum atomic E-state index is -0.646. The molecule has 0 amide bonds. The van der Waals surface area contributed by atoms with E-state index in [0.29, 0.717) is 19.8 Å². The van der Waals surface area contributed by atoms with Crippen molar-refractivity contribution in [2.75, 3.05) is 25.2 Å². The summed E-state index contributed by atoms with van der Waals surface area (Å²) in [6, 6.07) is 17.8. The second kappa shape index (κ2) is 9.08. The molecule has 0 fully saturated rings. The predicted molar refractivity (Wildman–Crippen MR) is 91.5 cm³/mol. The van der Waals surface area contributed by atoms with Gasteiger partial charge in [-0.2, -0.15) is 0 Å². The zero-order chi connectivity index (χ0) is 16.5. The van der Waals surface area contributed by atoms with E-state index in [1.165, 1.54) is 0 Å². The molecule has 4 nitrogen and oxygen atoms in total. The summed E-state index contributed by atoms with van der Waals surface area (Å²) in [6.45, 7) is 3.52. The van der Waals surface area contributed by atoms with Gasteiger partial charge in [0.25, 0.3) is 0 Å². The summed E-state index contributed by atoms with van der Waals surface area (Å²) in [4.78, 5) is 13.5. The molecular weight excluding hydrogens is 290 g/mol. The van der Waals surface area contributed by atoms with Crippen LogP contribution in [0.4, 0.5) is 5.69 Å². The molecule has 0 spiro atoms. The summed E-state index contributed by atoms with van der Waals surface area (Å²) < 4.78 is 11.0. The first kappa shape index (κ1) is 17.2. The van der Waals surface area contributed by atoms with Crippen molar-refractivity contribution < 1.29 is 14.3 Å². The normalized spacial score (nSPS) is 11.9. The standard InChI is InChI=1S/C19H23NO3/c1-16-7-6-10-18(13-16)20(11-12-22-2)19(14-21)23-15-17-8-4-3-5-9-17/h3-10,13-14,19H,11-12,15H2,1-2H3. The third-order valence-electron chi connectivity index (χ3n) is 3.56. The van der Waals surface area contributed by atoms with Crippen molar-refractivity contribution in [1.29, 1.82) is 0 Å². The van der Waals surface area contributed by atoms with Gasteiger partial charge in [-0.15, -0.1) is 0 Å². The Morgan fingerprint density at radius 3 is 2.57 bits per heavy atom. The lowest BCUT2D eigenvalue weighted by Crippen LogP contribution is -2.40. The second-order valence-corrected chi connectivity index (χ2v) is 5.35. The van der Waals surface area contributed by atoms with Crippen molar-refractivity contribution in [2.45, 2.75) is 19.8 Å². The molecule has 1 atom stereocenters.